The van der Waals surface area contributed by atoms with Crippen LogP contribution in [0.2, 0.25) is 0 Å². The Balaban J connectivity index is 1.87. The first-order chi connectivity index (χ1) is 9.84. The van der Waals surface area contributed by atoms with Crippen LogP contribution in [0.25, 0.3) is 11.4 Å². The van der Waals surface area contributed by atoms with E-state index in [-0.39, 0.29) is 0 Å². The fourth-order valence-corrected chi connectivity index (χ4v) is 2.93. The van der Waals surface area contributed by atoms with Crippen molar-refractivity contribution in [1.29, 1.82) is 0 Å². The first kappa shape index (κ1) is 13.2. The van der Waals surface area contributed by atoms with E-state index in [2.05, 4.69) is 20.9 Å². The average Bonchev–Trinajstić information content (AvgIpc) is 2.84. The number of aromatic hydroxyl groups is 1. The van der Waals surface area contributed by atoms with E-state index < -0.39 is 0 Å². The van der Waals surface area contributed by atoms with E-state index in [4.69, 9.17) is 0 Å². The molecule has 1 saturated heterocycles. The molecule has 0 bridgehead atoms. The van der Waals surface area contributed by atoms with Gasteiger partial charge in [0.05, 0.1) is 5.56 Å². The maximum absolute atomic E-state index is 10.2. The Hall–Kier alpha value is -1.81. The summed E-state index contributed by atoms with van der Waals surface area (Å²) in [6, 6.07) is 5.72. The molecule has 0 spiro atoms. The van der Waals surface area contributed by atoms with Gasteiger partial charge in [-0.25, -0.2) is 4.98 Å². The summed E-state index contributed by atoms with van der Waals surface area (Å²) in [4.78, 5) is 9.86. The van der Waals surface area contributed by atoms with Gasteiger partial charge in [-0.1, -0.05) is 25.0 Å². The number of nitrogens with one attached hydrogen (secondary N) is 1. The number of rotatable bonds is 3. The number of nitrogens with zero attached hydrogens (tertiary/aromatic N) is 2. The Morgan fingerprint density at radius 1 is 1.15 bits per heavy atom. The van der Waals surface area contributed by atoms with Crippen molar-refractivity contribution in [2.75, 3.05) is 13.1 Å². The van der Waals surface area contributed by atoms with Crippen molar-refractivity contribution in [3.8, 4) is 17.1 Å². The topological polar surface area (TPSA) is 52.1 Å². The number of hydrogen-bond acceptors (Lipinski definition) is 3. The number of H-pyrrole nitrogens is 1. The van der Waals surface area contributed by atoms with Crippen molar-refractivity contribution in [3.63, 3.8) is 0 Å². The number of hydrogen-bond donors (Lipinski definition) is 2. The molecule has 1 aromatic carbocycles. The fourth-order valence-electron chi connectivity index (χ4n) is 2.93. The largest absolute Gasteiger partial charge is 0.507 e. The summed E-state index contributed by atoms with van der Waals surface area (Å²) in [6.45, 7) is 3.17. The van der Waals surface area contributed by atoms with E-state index >= 15 is 0 Å². The summed E-state index contributed by atoms with van der Waals surface area (Å²) in [5.74, 6) is 1.04. The van der Waals surface area contributed by atoms with Gasteiger partial charge >= 0.3 is 0 Å². The molecule has 0 radical (unpaired) electrons. The van der Waals surface area contributed by atoms with Crippen molar-refractivity contribution in [2.45, 2.75) is 32.2 Å². The lowest BCUT2D eigenvalue weighted by Crippen LogP contribution is -2.24. The molecule has 3 rings (SSSR count). The normalized spacial score (nSPS) is 17.0. The number of phenols is 1. The molecule has 1 aliphatic rings. The minimum Gasteiger partial charge on any atom is -0.507 e. The smallest absolute Gasteiger partial charge is 0.141 e. The molecule has 20 heavy (non-hydrogen) atoms. The first-order valence-electron chi connectivity index (χ1n) is 7.37. The third-order valence-corrected chi connectivity index (χ3v) is 3.96. The Kier molecular flexibility index (Phi) is 4.02. The predicted octanol–water partition coefficient (Wildman–Crippen LogP) is 3.16. The van der Waals surface area contributed by atoms with Crippen LogP contribution in [-0.2, 0) is 6.54 Å². The second kappa shape index (κ2) is 6.09. The predicted molar refractivity (Wildman–Crippen MR) is 79.4 cm³/mol. The van der Waals surface area contributed by atoms with E-state index in [0.717, 1.165) is 36.6 Å². The molecule has 2 N–H and O–H groups in total. The molecule has 0 unspecified atom stereocenters. The minimum absolute atomic E-state index is 0.298. The van der Waals surface area contributed by atoms with Gasteiger partial charge in [0.15, 0.2) is 0 Å². The zero-order valence-corrected chi connectivity index (χ0v) is 11.7. The summed E-state index contributed by atoms with van der Waals surface area (Å²) < 4.78 is 0. The van der Waals surface area contributed by atoms with E-state index in [1.165, 1.54) is 25.7 Å². The van der Waals surface area contributed by atoms with Crippen molar-refractivity contribution < 1.29 is 5.11 Å². The molecule has 1 fully saturated rings. The number of likely N-dealkylation sites (tertiary alicyclic amines) is 1. The molecular weight excluding hydrogens is 250 g/mol. The number of benzene rings is 1. The summed E-state index contributed by atoms with van der Waals surface area (Å²) in [5.41, 5.74) is 1.98. The van der Waals surface area contributed by atoms with Crippen LogP contribution in [0.1, 0.15) is 31.2 Å². The standard InChI is InChI=1S/C16H21N3O/c20-14-7-5-6-13(15(14)16-17-8-9-18-16)12-19-10-3-1-2-4-11-19/h5-9,20H,1-4,10-12H2,(H,17,18). The number of aromatic amines is 1. The summed E-state index contributed by atoms with van der Waals surface area (Å²) >= 11 is 0. The fraction of sp³-hybridized carbons (Fsp3) is 0.438. The summed E-state index contributed by atoms with van der Waals surface area (Å²) in [5, 5.41) is 10.2. The number of imidazole rings is 1. The quantitative estimate of drug-likeness (QED) is 0.901. The molecule has 2 aromatic rings. The Bertz CT molecular complexity index is 543. The molecule has 106 valence electrons. The van der Waals surface area contributed by atoms with Gasteiger partial charge in [-0.05, 0) is 37.6 Å². The summed E-state index contributed by atoms with van der Waals surface area (Å²) in [7, 11) is 0. The summed E-state index contributed by atoms with van der Waals surface area (Å²) in [6.07, 6.45) is 8.72. The van der Waals surface area contributed by atoms with Gasteiger partial charge in [-0.15, -0.1) is 0 Å². The zero-order valence-electron chi connectivity index (χ0n) is 11.7. The SMILES string of the molecule is Oc1cccc(CN2CCCCCC2)c1-c1ncc[nH]1. The van der Waals surface area contributed by atoms with E-state index in [1.807, 2.05) is 6.07 Å². The third kappa shape index (κ3) is 2.85. The van der Waals surface area contributed by atoms with Gasteiger partial charge in [0.25, 0.3) is 0 Å². The van der Waals surface area contributed by atoms with Gasteiger partial charge in [0, 0.05) is 18.9 Å². The number of aromatic nitrogens is 2. The van der Waals surface area contributed by atoms with Crippen LogP contribution in [0.3, 0.4) is 0 Å². The van der Waals surface area contributed by atoms with Gasteiger partial charge in [0.1, 0.15) is 11.6 Å². The molecule has 0 atom stereocenters. The maximum atomic E-state index is 10.2. The zero-order chi connectivity index (χ0) is 13.8. The molecule has 0 saturated carbocycles. The van der Waals surface area contributed by atoms with E-state index in [9.17, 15) is 5.11 Å². The minimum atomic E-state index is 0.298. The van der Waals surface area contributed by atoms with Crippen LogP contribution < -0.4 is 0 Å². The highest BCUT2D eigenvalue weighted by Crippen LogP contribution is 2.31. The van der Waals surface area contributed by atoms with E-state index in [0.29, 0.717) is 5.75 Å². The second-order valence-electron chi connectivity index (χ2n) is 5.44. The Morgan fingerprint density at radius 2 is 1.95 bits per heavy atom. The molecular formula is C16H21N3O. The van der Waals surface area contributed by atoms with Gasteiger partial charge in [0.2, 0.25) is 0 Å². The van der Waals surface area contributed by atoms with Crippen molar-refractivity contribution in [1.82, 2.24) is 14.9 Å². The third-order valence-electron chi connectivity index (χ3n) is 3.96. The van der Waals surface area contributed by atoms with Crippen LogP contribution in [-0.4, -0.2) is 33.1 Å². The lowest BCUT2D eigenvalue weighted by atomic mass is 10.0. The molecule has 0 aliphatic carbocycles. The van der Waals surface area contributed by atoms with Crippen LogP contribution in [0.15, 0.2) is 30.6 Å². The average molecular weight is 271 g/mol. The lowest BCUT2D eigenvalue weighted by Gasteiger charge is -2.21. The molecule has 4 heteroatoms. The number of phenolic OH excluding ortho intramolecular Hbond substituents is 1. The molecule has 0 amide bonds. The van der Waals surface area contributed by atoms with Crippen LogP contribution in [0.5, 0.6) is 5.75 Å². The Morgan fingerprint density at radius 3 is 2.65 bits per heavy atom. The monoisotopic (exact) mass is 271 g/mol. The second-order valence-corrected chi connectivity index (χ2v) is 5.44. The van der Waals surface area contributed by atoms with Gasteiger partial charge in [-0.2, -0.15) is 0 Å². The molecule has 1 aromatic heterocycles. The maximum Gasteiger partial charge on any atom is 0.141 e. The van der Waals surface area contributed by atoms with Crippen molar-refractivity contribution in [2.24, 2.45) is 0 Å². The van der Waals surface area contributed by atoms with Gasteiger partial charge < -0.3 is 10.1 Å². The van der Waals surface area contributed by atoms with Crippen LogP contribution in [0.4, 0.5) is 0 Å². The molecule has 2 heterocycles. The van der Waals surface area contributed by atoms with Crippen LogP contribution >= 0.6 is 0 Å². The van der Waals surface area contributed by atoms with Gasteiger partial charge in [-0.3, -0.25) is 4.90 Å². The highest BCUT2D eigenvalue weighted by atomic mass is 16.3. The first-order valence-corrected chi connectivity index (χ1v) is 7.37. The van der Waals surface area contributed by atoms with Crippen molar-refractivity contribution in [3.05, 3.63) is 36.2 Å². The lowest BCUT2D eigenvalue weighted by molar-refractivity contribution is 0.277. The Labute approximate surface area is 119 Å². The highest BCUT2D eigenvalue weighted by molar-refractivity contribution is 5.67. The van der Waals surface area contributed by atoms with Crippen molar-refractivity contribution >= 4 is 0 Å². The highest BCUT2D eigenvalue weighted by Gasteiger charge is 2.16. The van der Waals surface area contributed by atoms with Crippen LogP contribution in [0, 0.1) is 0 Å². The molecule has 1 aliphatic heterocycles. The molecule has 4 nitrogen and oxygen atoms in total. The van der Waals surface area contributed by atoms with E-state index in [1.54, 1.807) is 18.5 Å².